The third-order valence-electron chi connectivity index (χ3n) is 6.94. The third-order valence-corrected chi connectivity index (χ3v) is 6.94. The molecule has 2 aliphatic rings. The molecular formula is C25H29FN2O4. The molecular weight excluding hydrogens is 411 g/mol. The second-order valence-electron chi connectivity index (χ2n) is 8.73. The first kappa shape index (κ1) is 22.1. The highest BCUT2D eigenvalue weighted by molar-refractivity contribution is 5.94. The number of carbonyl (C=O) groups is 2. The molecule has 6 nitrogen and oxygen atoms in total. The first-order valence-electron chi connectivity index (χ1n) is 11.0. The molecule has 1 N–H and O–H groups in total. The van der Waals surface area contributed by atoms with E-state index in [1.807, 2.05) is 23.1 Å². The van der Waals surface area contributed by atoms with E-state index in [1.165, 1.54) is 18.2 Å². The topological polar surface area (TPSA) is 67.9 Å². The number of methoxy groups -OCH3 is 2. The Bertz CT molecular complexity index is 1010. The van der Waals surface area contributed by atoms with Gasteiger partial charge in [0.1, 0.15) is 17.3 Å². The largest absolute Gasteiger partial charge is 0.497 e. The van der Waals surface area contributed by atoms with Crippen LogP contribution in [0.1, 0.15) is 35.7 Å². The van der Waals surface area contributed by atoms with Crippen molar-refractivity contribution in [3.8, 4) is 11.5 Å². The van der Waals surface area contributed by atoms with Crippen molar-refractivity contribution in [2.45, 2.75) is 32.4 Å². The van der Waals surface area contributed by atoms with Crippen LogP contribution in [0.2, 0.25) is 0 Å². The number of fused-ring (bicyclic) bond motifs is 1. The van der Waals surface area contributed by atoms with Gasteiger partial charge in [0.25, 0.3) is 5.91 Å². The summed E-state index contributed by atoms with van der Waals surface area (Å²) < 4.78 is 24.2. The van der Waals surface area contributed by atoms with Gasteiger partial charge >= 0.3 is 0 Å². The molecule has 2 aromatic carbocycles. The van der Waals surface area contributed by atoms with Crippen LogP contribution in [0.5, 0.6) is 11.5 Å². The lowest BCUT2D eigenvalue weighted by Gasteiger charge is -2.25. The van der Waals surface area contributed by atoms with Gasteiger partial charge in [-0.3, -0.25) is 9.59 Å². The minimum atomic E-state index is -0.432. The second kappa shape index (κ2) is 9.18. The van der Waals surface area contributed by atoms with Crippen LogP contribution >= 0.6 is 0 Å². The van der Waals surface area contributed by atoms with E-state index in [4.69, 9.17) is 9.47 Å². The predicted octanol–water partition coefficient (Wildman–Crippen LogP) is 3.65. The fourth-order valence-electron chi connectivity index (χ4n) is 5.25. The molecule has 1 saturated heterocycles. The predicted molar refractivity (Wildman–Crippen MR) is 118 cm³/mol. The van der Waals surface area contributed by atoms with E-state index in [9.17, 15) is 14.0 Å². The third kappa shape index (κ3) is 4.29. The molecule has 1 heterocycles. The van der Waals surface area contributed by atoms with Crippen LogP contribution in [0.3, 0.4) is 0 Å². The molecule has 1 saturated carbocycles. The lowest BCUT2D eigenvalue weighted by atomic mass is 9.88. The molecule has 2 amide bonds. The Morgan fingerprint density at radius 1 is 1.19 bits per heavy atom. The Kier molecular flexibility index (Phi) is 6.35. The van der Waals surface area contributed by atoms with Crippen LogP contribution in [0, 0.1) is 23.6 Å². The van der Waals surface area contributed by atoms with E-state index in [0.29, 0.717) is 42.5 Å². The van der Waals surface area contributed by atoms with Gasteiger partial charge in [0.2, 0.25) is 5.91 Å². The maximum atomic E-state index is 13.4. The summed E-state index contributed by atoms with van der Waals surface area (Å²) in [6.07, 6.45) is 1.38. The first-order valence-corrected chi connectivity index (χ1v) is 11.0. The molecule has 170 valence electrons. The van der Waals surface area contributed by atoms with Gasteiger partial charge in [-0.15, -0.1) is 0 Å². The number of ether oxygens (including phenoxy) is 2. The summed E-state index contributed by atoms with van der Waals surface area (Å²) in [5.74, 6) is 1.57. The standard InChI is InChI=1S/C25H29FN2O4/c1-15-9-22-20(21(15)13-27-25(30)16-5-4-6-18(26)10-16)12-24(29)28(22)14-17-7-8-19(31-2)11-23(17)32-3/h4-8,10-11,15,20-22H,9,12-14H2,1-3H3,(H,27,30)/t15-,20-,21+,22+/m0/s1. The molecule has 4 atom stereocenters. The van der Waals surface area contributed by atoms with E-state index in [-0.39, 0.29) is 29.7 Å². The first-order chi connectivity index (χ1) is 15.4. The Balaban J connectivity index is 1.44. The number of benzene rings is 2. The SMILES string of the molecule is COc1ccc(CN2C(=O)C[C@H]3[C@H](CNC(=O)c4cccc(F)c4)[C@@H](C)C[C@H]32)c(OC)c1. The minimum absolute atomic E-state index is 0.131. The number of carbonyl (C=O) groups excluding carboxylic acids is 2. The van der Waals surface area contributed by atoms with Crippen LogP contribution in [0.4, 0.5) is 4.39 Å². The highest BCUT2D eigenvalue weighted by Gasteiger charge is 2.50. The Hall–Kier alpha value is -3.09. The smallest absolute Gasteiger partial charge is 0.251 e. The highest BCUT2D eigenvalue weighted by Crippen LogP contribution is 2.46. The number of likely N-dealkylation sites (tertiary alicyclic amines) is 1. The molecule has 7 heteroatoms. The van der Waals surface area contributed by atoms with Crippen LogP contribution in [0.25, 0.3) is 0 Å². The molecule has 0 radical (unpaired) electrons. The lowest BCUT2D eigenvalue weighted by molar-refractivity contribution is -0.129. The number of nitrogens with one attached hydrogen (secondary N) is 1. The van der Waals surface area contributed by atoms with Crippen molar-refractivity contribution in [1.29, 1.82) is 0 Å². The van der Waals surface area contributed by atoms with E-state index >= 15 is 0 Å². The Morgan fingerprint density at radius 3 is 2.72 bits per heavy atom. The van der Waals surface area contributed by atoms with Gasteiger partial charge in [-0.05, 0) is 54.5 Å². The van der Waals surface area contributed by atoms with Crippen LogP contribution in [-0.2, 0) is 11.3 Å². The number of amides is 2. The van der Waals surface area contributed by atoms with Crippen molar-refractivity contribution < 1.29 is 23.5 Å². The second-order valence-corrected chi connectivity index (χ2v) is 8.73. The van der Waals surface area contributed by atoms with Crippen molar-refractivity contribution in [1.82, 2.24) is 10.2 Å². The molecule has 4 rings (SSSR count). The lowest BCUT2D eigenvalue weighted by Crippen LogP contribution is -2.35. The van der Waals surface area contributed by atoms with Crippen molar-refractivity contribution in [3.63, 3.8) is 0 Å². The summed E-state index contributed by atoms with van der Waals surface area (Å²) in [6, 6.07) is 11.5. The average Bonchev–Trinajstić information content (AvgIpc) is 3.25. The molecule has 2 aromatic rings. The number of halogens is 1. The molecule has 0 spiro atoms. The van der Waals surface area contributed by atoms with Crippen molar-refractivity contribution in [3.05, 3.63) is 59.4 Å². The summed E-state index contributed by atoms with van der Waals surface area (Å²) in [5.41, 5.74) is 1.25. The maximum absolute atomic E-state index is 13.4. The summed E-state index contributed by atoms with van der Waals surface area (Å²) in [4.78, 5) is 27.3. The highest BCUT2D eigenvalue weighted by atomic mass is 19.1. The average molecular weight is 441 g/mol. The van der Waals surface area contributed by atoms with E-state index in [2.05, 4.69) is 12.2 Å². The van der Waals surface area contributed by atoms with Gasteiger partial charge in [0.15, 0.2) is 0 Å². The van der Waals surface area contributed by atoms with Gasteiger partial charge in [0, 0.05) is 42.7 Å². The van der Waals surface area contributed by atoms with E-state index in [1.54, 1.807) is 20.3 Å². The summed E-state index contributed by atoms with van der Waals surface area (Å²) >= 11 is 0. The summed E-state index contributed by atoms with van der Waals surface area (Å²) in [7, 11) is 3.22. The van der Waals surface area contributed by atoms with Gasteiger partial charge in [0.05, 0.1) is 14.2 Å². The van der Waals surface area contributed by atoms with Gasteiger partial charge in [-0.2, -0.15) is 0 Å². The zero-order valence-electron chi connectivity index (χ0n) is 18.6. The quantitative estimate of drug-likeness (QED) is 0.714. The van der Waals surface area contributed by atoms with Gasteiger partial charge in [-0.1, -0.05) is 13.0 Å². The number of hydrogen-bond acceptors (Lipinski definition) is 4. The van der Waals surface area contributed by atoms with Crippen LogP contribution in [-0.4, -0.2) is 43.5 Å². The fraction of sp³-hybridized carbons (Fsp3) is 0.440. The van der Waals surface area contributed by atoms with E-state index < -0.39 is 5.82 Å². The number of nitrogens with zero attached hydrogens (tertiary/aromatic N) is 1. The fourth-order valence-corrected chi connectivity index (χ4v) is 5.25. The molecule has 1 aliphatic heterocycles. The zero-order valence-corrected chi connectivity index (χ0v) is 18.6. The van der Waals surface area contributed by atoms with E-state index in [0.717, 1.165) is 12.0 Å². The minimum Gasteiger partial charge on any atom is -0.497 e. The normalized spacial score (nSPS) is 24.4. The zero-order chi connectivity index (χ0) is 22.8. The Morgan fingerprint density at radius 2 is 2.00 bits per heavy atom. The maximum Gasteiger partial charge on any atom is 0.251 e. The molecule has 32 heavy (non-hydrogen) atoms. The summed E-state index contributed by atoms with van der Waals surface area (Å²) in [6.45, 7) is 3.14. The number of hydrogen-bond donors (Lipinski definition) is 1. The summed E-state index contributed by atoms with van der Waals surface area (Å²) in [5, 5.41) is 2.95. The van der Waals surface area contributed by atoms with Crippen molar-refractivity contribution in [2.75, 3.05) is 20.8 Å². The molecule has 0 aromatic heterocycles. The molecule has 2 fully saturated rings. The Labute approximate surface area is 187 Å². The van der Waals surface area contributed by atoms with Gasteiger partial charge < -0.3 is 19.7 Å². The van der Waals surface area contributed by atoms with Gasteiger partial charge in [-0.25, -0.2) is 4.39 Å². The monoisotopic (exact) mass is 440 g/mol. The molecule has 0 unspecified atom stereocenters. The van der Waals surface area contributed by atoms with Crippen molar-refractivity contribution >= 4 is 11.8 Å². The molecule has 1 aliphatic carbocycles. The van der Waals surface area contributed by atoms with Crippen LogP contribution in [0.15, 0.2) is 42.5 Å². The number of rotatable bonds is 7. The van der Waals surface area contributed by atoms with Crippen molar-refractivity contribution in [2.24, 2.45) is 17.8 Å². The van der Waals surface area contributed by atoms with Crippen LogP contribution < -0.4 is 14.8 Å². The molecule has 0 bridgehead atoms.